The lowest BCUT2D eigenvalue weighted by Gasteiger charge is -2.13. The summed E-state index contributed by atoms with van der Waals surface area (Å²) in [7, 11) is -4.33. The number of ether oxygens (including phenoxy) is 3. The van der Waals surface area contributed by atoms with Crippen molar-refractivity contribution in [1.82, 2.24) is 10.6 Å². The molecule has 0 aromatic heterocycles. The van der Waals surface area contributed by atoms with E-state index in [0.29, 0.717) is 68.2 Å². The van der Waals surface area contributed by atoms with Crippen LogP contribution in [0.15, 0.2) is 78.3 Å². The summed E-state index contributed by atoms with van der Waals surface area (Å²) < 4.78 is 48.7. The lowest BCUT2D eigenvalue weighted by molar-refractivity contribution is 0.0191. The molecule has 0 aliphatic carbocycles. The molecule has 10 nitrogen and oxygen atoms in total. The maximum Gasteiger partial charge on any atom is 0.294 e. The van der Waals surface area contributed by atoms with Gasteiger partial charge in [-0.25, -0.2) is 0 Å². The number of hydrogen-bond donors (Lipinski definition) is 5. The summed E-state index contributed by atoms with van der Waals surface area (Å²) in [6, 6.07) is 14.3. The predicted octanol–water partition coefficient (Wildman–Crippen LogP) is 3.45. The monoisotopic (exact) mass is 572 g/mol. The fraction of sp³-hybridized carbons (Fsp3) is 0.310. The summed E-state index contributed by atoms with van der Waals surface area (Å²) in [6.45, 7) is 11.5. The Morgan fingerprint density at radius 3 is 2.15 bits per heavy atom. The molecule has 0 saturated heterocycles. The third-order valence-electron chi connectivity index (χ3n) is 5.88. The molecule has 0 amide bonds. The average Bonchev–Trinajstić information content (AvgIpc) is 2.91. The molecule has 0 fully saturated rings. The van der Waals surface area contributed by atoms with Crippen molar-refractivity contribution in [3.8, 4) is 11.5 Å². The first-order valence-corrected chi connectivity index (χ1v) is 14.2. The van der Waals surface area contributed by atoms with Gasteiger partial charge in [-0.3, -0.25) is 4.55 Å². The molecule has 3 aromatic carbocycles. The first-order chi connectivity index (χ1) is 19.1. The quantitative estimate of drug-likeness (QED) is 0.113. The Labute approximate surface area is 234 Å². The third kappa shape index (κ3) is 10.2. The summed E-state index contributed by atoms with van der Waals surface area (Å²) in [5.41, 5.74) is 2.78. The SMILES string of the molecule is C=C(COCCOCCOCCNC(=C)c1cc2cc(S(=O)(=O)O)ccc2cc1O)NCCc1ccc(O)cc1. The van der Waals surface area contributed by atoms with Gasteiger partial charge >= 0.3 is 0 Å². The Bertz CT molecular complexity index is 1390. The molecule has 11 heteroatoms. The molecular formula is C29H36N2O8S. The van der Waals surface area contributed by atoms with Gasteiger partial charge < -0.3 is 35.1 Å². The number of aromatic hydroxyl groups is 2. The van der Waals surface area contributed by atoms with Gasteiger partial charge in [0.25, 0.3) is 10.1 Å². The van der Waals surface area contributed by atoms with Crippen LogP contribution >= 0.6 is 0 Å². The van der Waals surface area contributed by atoms with Gasteiger partial charge in [0, 0.05) is 30.0 Å². The Hall–Kier alpha value is -3.61. The first kappa shape index (κ1) is 30.9. The molecule has 3 rings (SSSR count). The molecule has 0 aliphatic rings. The van der Waals surface area contributed by atoms with Gasteiger partial charge in [-0.15, -0.1) is 0 Å². The Kier molecular flexibility index (Phi) is 11.8. The zero-order valence-corrected chi connectivity index (χ0v) is 23.1. The normalized spacial score (nSPS) is 11.4. The molecule has 0 bridgehead atoms. The van der Waals surface area contributed by atoms with Crippen LogP contribution in [0.5, 0.6) is 11.5 Å². The zero-order valence-electron chi connectivity index (χ0n) is 22.3. The molecule has 0 unspecified atom stereocenters. The van der Waals surface area contributed by atoms with Crippen LogP contribution in [0.4, 0.5) is 0 Å². The molecule has 0 atom stereocenters. The molecule has 5 N–H and O–H groups in total. The number of fused-ring (bicyclic) bond motifs is 1. The third-order valence-corrected chi connectivity index (χ3v) is 6.73. The van der Waals surface area contributed by atoms with Crippen molar-refractivity contribution in [1.29, 1.82) is 0 Å². The van der Waals surface area contributed by atoms with E-state index in [-0.39, 0.29) is 16.4 Å². The van der Waals surface area contributed by atoms with Crippen LogP contribution in [0.1, 0.15) is 11.1 Å². The number of rotatable bonds is 18. The summed E-state index contributed by atoms with van der Waals surface area (Å²) in [5.74, 6) is 0.250. The Morgan fingerprint density at radius 2 is 1.45 bits per heavy atom. The van der Waals surface area contributed by atoms with E-state index < -0.39 is 10.1 Å². The number of phenolic OH excluding ortho intramolecular Hbond substituents is 2. The molecule has 0 radical (unpaired) electrons. The second-order valence-corrected chi connectivity index (χ2v) is 10.4. The van der Waals surface area contributed by atoms with E-state index in [9.17, 15) is 23.2 Å². The predicted molar refractivity (Wildman–Crippen MR) is 154 cm³/mol. The van der Waals surface area contributed by atoms with Crippen LogP contribution in [0.2, 0.25) is 0 Å². The van der Waals surface area contributed by atoms with Crippen molar-refractivity contribution in [2.75, 3.05) is 52.7 Å². The summed E-state index contributed by atoms with van der Waals surface area (Å²) in [4.78, 5) is -0.224. The van der Waals surface area contributed by atoms with Crippen molar-refractivity contribution in [3.63, 3.8) is 0 Å². The van der Waals surface area contributed by atoms with Crippen molar-refractivity contribution in [3.05, 3.63) is 84.6 Å². The van der Waals surface area contributed by atoms with Gasteiger partial charge in [0.05, 0.1) is 44.5 Å². The largest absolute Gasteiger partial charge is 0.508 e. The van der Waals surface area contributed by atoms with Gasteiger partial charge in [-0.2, -0.15) is 8.42 Å². The van der Waals surface area contributed by atoms with E-state index in [4.69, 9.17) is 14.2 Å². The number of hydrogen-bond acceptors (Lipinski definition) is 9. The van der Waals surface area contributed by atoms with E-state index in [1.165, 1.54) is 24.3 Å². The van der Waals surface area contributed by atoms with Crippen LogP contribution in [-0.2, 0) is 30.7 Å². The van der Waals surface area contributed by atoms with Crippen molar-refractivity contribution < 1.29 is 37.4 Å². The van der Waals surface area contributed by atoms with Crippen LogP contribution in [0, 0.1) is 0 Å². The fourth-order valence-corrected chi connectivity index (χ4v) is 4.28. The van der Waals surface area contributed by atoms with Crippen LogP contribution in [0.25, 0.3) is 16.5 Å². The van der Waals surface area contributed by atoms with E-state index in [2.05, 4.69) is 23.8 Å². The molecule has 0 aliphatic heterocycles. The van der Waals surface area contributed by atoms with Crippen molar-refractivity contribution >= 4 is 26.6 Å². The van der Waals surface area contributed by atoms with Crippen LogP contribution in [-0.4, -0.2) is 75.9 Å². The summed E-state index contributed by atoms with van der Waals surface area (Å²) in [6.07, 6.45) is 0.818. The van der Waals surface area contributed by atoms with E-state index >= 15 is 0 Å². The topological polar surface area (TPSA) is 147 Å². The molecule has 216 valence electrons. The second kappa shape index (κ2) is 15.2. The maximum absolute atomic E-state index is 11.4. The second-order valence-electron chi connectivity index (χ2n) is 8.98. The lowest BCUT2D eigenvalue weighted by Crippen LogP contribution is -2.21. The van der Waals surface area contributed by atoms with Gasteiger partial charge in [-0.05, 0) is 59.2 Å². The first-order valence-electron chi connectivity index (χ1n) is 12.7. The minimum Gasteiger partial charge on any atom is -0.508 e. The minimum absolute atomic E-state index is 0.00502. The Morgan fingerprint density at radius 1 is 0.775 bits per heavy atom. The highest BCUT2D eigenvalue weighted by Gasteiger charge is 2.13. The van der Waals surface area contributed by atoms with E-state index in [1.807, 2.05) is 12.1 Å². The van der Waals surface area contributed by atoms with Crippen molar-refractivity contribution in [2.45, 2.75) is 11.3 Å². The molecular weight excluding hydrogens is 536 g/mol. The Balaban J connectivity index is 1.22. The van der Waals surface area contributed by atoms with Gasteiger partial charge in [0.2, 0.25) is 0 Å². The molecule has 0 spiro atoms. The summed E-state index contributed by atoms with van der Waals surface area (Å²) >= 11 is 0. The molecule has 3 aromatic rings. The zero-order chi connectivity index (χ0) is 29.0. The number of phenols is 2. The highest BCUT2D eigenvalue weighted by molar-refractivity contribution is 7.85. The van der Waals surface area contributed by atoms with E-state index in [1.54, 1.807) is 18.2 Å². The highest BCUT2D eigenvalue weighted by Crippen LogP contribution is 2.30. The van der Waals surface area contributed by atoms with Crippen LogP contribution in [0.3, 0.4) is 0 Å². The van der Waals surface area contributed by atoms with Gasteiger partial charge in [0.15, 0.2) is 0 Å². The number of benzene rings is 3. The minimum atomic E-state index is -4.33. The van der Waals surface area contributed by atoms with E-state index in [0.717, 1.165) is 24.2 Å². The smallest absolute Gasteiger partial charge is 0.294 e. The maximum atomic E-state index is 11.4. The number of nitrogens with one attached hydrogen (secondary N) is 2. The van der Waals surface area contributed by atoms with Gasteiger partial charge in [-0.1, -0.05) is 31.4 Å². The molecule has 0 saturated carbocycles. The van der Waals surface area contributed by atoms with Crippen molar-refractivity contribution in [2.24, 2.45) is 0 Å². The highest BCUT2D eigenvalue weighted by atomic mass is 32.2. The van der Waals surface area contributed by atoms with Gasteiger partial charge in [0.1, 0.15) is 11.5 Å². The summed E-state index contributed by atoms with van der Waals surface area (Å²) in [5, 5.41) is 27.1. The lowest BCUT2D eigenvalue weighted by atomic mass is 10.0. The fourth-order valence-electron chi connectivity index (χ4n) is 3.77. The molecule has 40 heavy (non-hydrogen) atoms. The average molecular weight is 573 g/mol. The standard InChI is InChI=1S/C29H36N2O8S/c1-21(30-10-9-23-3-6-26(32)7-4-23)20-39-16-15-38-14-13-37-12-11-31-22(2)28-18-25-17-27(40(34,35)36)8-5-24(25)19-29(28)33/h3-8,17-19,30-33H,1-2,9-16,20H2,(H,34,35,36). The van der Waals surface area contributed by atoms with Crippen LogP contribution < -0.4 is 10.6 Å². The molecule has 0 heterocycles.